The number of hydrogen-bond donors (Lipinski definition) is 1. The van der Waals surface area contributed by atoms with Gasteiger partial charge in [-0.3, -0.25) is 4.79 Å². The molecule has 2 unspecified atom stereocenters. The summed E-state index contributed by atoms with van der Waals surface area (Å²) in [6, 6.07) is 10.5. The maximum Gasteiger partial charge on any atom is 0.158 e. The van der Waals surface area contributed by atoms with Crippen molar-refractivity contribution in [3.8, 4) is 0 Å². The van der Waals surface area contributed by atoms with Crippen LogP contribution in [0.3, 0.4) is 0 Å². The van der Waals surface area contributed by atoms with E-state index in [1.165, 1.54) is 22.3 Å². The molecule has 0 amide bonds. The summed E-state index contributed by atoms with van der Waals surface area (Å²) in [5.41, 5.74) is 10.8. The van der Waals surface area contributed by atoms with Crippen LogP contribution in [0.25, 0.3) is 5.57 Å². The van der Waals surface area contributed by atoms with Crippen LogP contribution in [0.5, 0.6) is 0 Å². The first kappa shape index (κ1) is 21.0. The van der Waals surface area contributed by atoms with Gasteiger partial charge in [0.1, 0.15) is 5.25 Å². The summed E-state index contributed by atoms with van der Waals surface area (Å²) in [5.74, 6) is 0.612. The molecule has 0 bridgehead atoms. The molecule has 0 spiro atoms. The fourth-order valence-electron chi connectivity index (χ4n) is 3.87. The van der Waals surface area contributed by atoms with E-state index in [0.717, 1.165) is 24.5 Å². The first-order valence-electron chi connectivity index (χ1n) is 10.3. The first-order chi connectivity index (χ1) is 13.5. The lowest BCUT2D eigenvalue weighted by molar-refractivity contribution is -0.115. The minimum atomic E-state index is -0.0447. The summed E-state index contributed by atoms with van der Waals surface area (Å²) in [6.45, 7) is 7.25. The Bertz CT molecular complexity index is 829. The Kier molecular flexibility index (Phi) is 7.25. The largest absolute Gasteiger partial charge is 0.330 e. The molecular weight excluding hydrogens is 362 g/mol. The molecule has 1 aliphatic heterocycles. The molecule has 149 valence electrons. The van der Waals surface area contributed by atoms with E-state index >= 15 is 0 Å². The highest BCUT2D eigenvalue weighted by molar-refractivity contribution is 8.18. The summed E-state index contributed by atoms with van der Waals surface area (Å²) in [6.07, 6.45) is 10.2. The molecule has 0 aromatic heterocycles. The SMILES string of the molecule is CC1=C[C](C(=O)CC2=CC(c3ccccc3)=CC2CCCN)S(C(C)C)=CC1. The van der Waals surface area contributed by atoms with Crippen molar-refractivity contribution in [1.82, 2.24) is 0 Å². The number of carbonyl (C=O) groups excluding carboxylic acids is 1. The van der Waals surface area contributed by atoms with Crippen molar-refractivity contribution in [3.05, 3.63) is 70.5 Å². The predicted molar refractivity (Wildman–Crippen MR) is 124 cm³/mol. The zero-order valence-corrected chi connectivity index (χ0v) is 18.1. The molecule has 3 rings (SSSR count). The molecule has 1 radical (unpaired) electrons. The van der Waals surface area contributed by atoms with Crippen molar-refractivity contribution in [2.24, 2.45) is 11.7 Å². The third-order valence-corrected chi connectivity index (χ3v) is 7.78. The highest BCUT2D eigenvalue weighted by atomic mass is 32.2. The van der Waals surface area contributed by atoms with Gasteiger partial charge < -0.3 is 5.73 Å². The number of rotatable bonds is 8. The van der Waals surface area contributed by atoms with Gasteiger partial charge in [0.15, 0.2) is 5.78 Å². The Hall–Kier alpha value is -1.71. The zero-order chi connectivity index (χ0) is 20.1. The molecule has 2 N–H and O–H groups in total. The lowest BCUT2D eigenvalue weighted by atomic mass is 9.92. The third-order valence-electron chi connectivity index (χ3n) is 5.39. The van der Waals surface area contributed by atoms with Crippen molar-refractivity contribution in [3.63, 3.8) is 0 Å². The summed E-state index contributed by atoms with van der Waals surface area (Å²) in [5, 5.41) is 3.84. The van der Waals surface area contributed by atoms with Crippen LogP contribution in [0.15, 0.2) is 59.7 Å². The Morgan fingerprint density at radius 1 is 1.21 bits per heavy atom. The van der Waals surface area contributed by atoms with Crippen molar-refractivity contribution in [1.29, 1.82) is 0 Å². The number of hydrogen-bond acceptors (Lipinski definition) is 2. The van der Waals surface area contributed by atoms with E-state index in [0.29, 0.717) is 29.9 Å². The second-order valence-electron chi connectivity index (χ2n) is 7.99. The molecule has 3 heteroatoms. The van der Waals surface area contributed by atoms with Crippen LogP contribution in [0, 0.1) is 11.2 Å². The molecular formula is C25H32NOS. The average Bonchev–Trinajstić information content (AvgIpc) is 3.09. The number of Topliss-reactive ketones (excluding diaryl/α,β-unsaturated/α-hetero) is 1. The third kappa shape index (κ3) is 5.01. The van der Waals surface area contributed by atoms with Gasteiger partial charge in [0.25, 0.3) is 0 Å². The fraction of sp³-hybridized carbons (Fsp3) is 0.400. The van der Waals surface area contributed by atoms with Crippen LogP contribution in [-0.2, 0) is 4.79 Å². The summed E-state index contributed by atoms with van der Waals surface area (Å²) < 4.78 is 0. The highest BCUT2D eigenvalue weighted by Crippen LogP contribution is 2.42. The van der Waals surface area contributed by atoms with Crippen molar-refractivity contribution in [2.45, 2.75) is 51.7 Å². The Labute approximate surface area is 172 Å². The number of carbonyl (C=O) groups is 1. The van der Waals surface area contributed by atoms with E-state index in [1.54, 1.807) is 0 Å². The van der Waals surface area contributed by atoms with Crippen LogP contribution in [-0.4, -0.2) is 22.9 Å². The molecule has 2 nitrogen and oxygen atoms in total. The van der Waals surface area contributed by atoms with Crippen molar-refractivity contribution < 1.29 is 4.79 Å². The van der Waals surface area contributed by atoms with Crippen molar-refractivity contribution >= 4 is 27.2 Å². The Morgan fingerprint density at radius 2 is 1.96 bits per heavy atom. The second-order valence-corrected chi connectivity index (χ2v) is 10.5. The molecule has 2 aliphatic rings. The molecule has 2 atom stereocenters. The summed E-state index contributed by atoms with van der Waals surface area (Å²) in [4.78, 5) is 13.3. The molecule has 1 aliphatic carbocycles. The van der Waals surface area contributed by atoms with E-state index in [4.69, 9.17) is 5.73 Å². The summed E-state index contributed by atoms with van der Waals surface area (Å²) >= 11 is 0. The zero-order valence-electron chi connectivity index (χ0n) is 17.3. The van der Waals surface area contributed by atoms with E-state index in [-0.39, 0.29) is 10.5 Å². The van der Waals surface area contributed by atoms with Crippen LogP contribution in [0.2, 0.25) is 0 Å². The molecule has 1 aromatic rings. The van der Waals surface area contributed by atoms with Gasteiger partial charge in [-0.05, 0) is 55.0 Å². The minimum absolute atomic E-state index is 0.0447. The number of ketones is 1. The van der Waals surface area contributed by atoms with Gasteiger partial charge >= 0.3 is 0 Å². The normalized spacial score (nSPS) is 22.5. The Balaban J connectivity index is 1.81. The topological polar surface area (TPSA) is 43.1 Å². The standard InChI is InChI=1S/C25H32NOS/c1-18(2)28-13-11-19(3)14-25(28)24(27)17-23-16-22(15-21(23)10-7-12-26)20-8-5-4-6-9-20/h4-6,8-9,13-16,18,21H,7,10-12,17,26H2,1-3H3. The molecule has 0 fully saturated rings. The molecule has 28 heavy (non-hydrogen) atoms. The fourth-order valence-corrected chi connectivity index (χ4v) is 6.06. The van der Waals surface area contributed by atoms with Gasteiger partial charge in [0, 0.05) is 6.42 Å². The van der Waals surface area contributed by atoms with Gasteiger partial charge in [-0.2, -0.15) is 10.5 Å². The lowest BCUT2D eigenvalue weighted by Crippen LogP contribution is -2.17. The quantitative estimate of drug-likeness (QED) is 0.576. The molecule has 0 saturated heterocycles. The van der Waals surface area contributed by atoms with Crippen LogP contribution >= 0.6 is 10.5 Å². The molecule has 0 saturated carbocycles. The van der Waals surface area contributed by atoms with E-state index in [9.17, 15) is 4.79 Å². The number of benzene rings is 1. The molecule has 1 aromatic carbocycles. The average molecular weight is 395 g/mol. The van der Waals surface area contributed by atoms with Crippen LogP contribution < -0.4 is 5.73 Å². The first-order valence-corrected chi connectivity index (χ1v) is 11.6. The van der Waals surface area contributed by atoms with Gasteiger partial charge in [0.2, 0.25) is 0 Å². The minimum Gasteiger partial charge on any atom is -0.330 e. The van der Waals surface area contributed by atoms with E-state index in [2.05, 4.69) is 68.6 Å². The van der Waals surface area contributed by atoms with E-state index < -0.39 is 0 Å². The van der Waals surface area contributed by atoms with Crippen LogP contribution in [0.4, 0.5) is 0 Å². The Morgan fingerprint density at radius 3 is 2.64 bits per heavy atom. The van der Waals surface area contributed by atoms with Gasteiger partial charge in [-0.15, -0.1) is 0 Å². The van der Waals surface area contributed by atoms with Crippen molar-refractivity contribution in [2.75, 3.05) is 6.54 Å². The van der Waals surface area contributed by atoms with Gasteiger partial charge in [-0.1, -0.05) is 78.9 Å². The smallest absolute Gasteiger partial charge is 0.158 e. The monoisotopic (exact) mass is 394 g/mol. The predicted octanol–water partition coefficient (Wildman–Crippen LogP) is 5.69. The molecule has 1 heterocycles. The van der Waals surface area contributed by atoms with Gasteiger partial charge in [0.05, 0.1) is 0 Å². The van der Waals surface area contributed by atoms with E-state index in [1.807, 2.05) is 6.07 Å². The maximum atomic E-state index is 13.3. The maximum absolute atomic E-state index is 13.3. The number of nitrogens with two attached hydrogens (primary N) is 1. The van der Waals surface area contributed by atoms with Gasteiger partial charge in [-0.25, -0.2) is 0 Å². The van der Waals surface area contributed by atoms with Crippen LogP contribution in [0.1, 0.15) is 52.0 Å². The second kappa shape index (κ2) is 9.67. The summed E-state index contributed by atoms with van der Waals surface area (Å²) in [7, 11) is -0.0447. The highest BCUT2D eigenvalue weighted by Gasteiger charge is 2.29. The lowest BCUT2D eigenvalue weighted by Gasteiger charge is -2.25. The number of allylic oxidation sites excluding steroid dienone is 5.